The summed E-state index contributed by atoms with van der Waals surface area (Å²) in [6.07, 6.45) is 0.693. The molecule has 0 saturated carbocycles. The van der Waals surface area contributed by atoms with E-state index in [1.165, 1.54) is 0 Å². The van der Waals surface area contributed by atoms with Gasteiger partial charge in [0, 0.05) is 28.7 Å². The molecule has 0 aliphatic carbocycles. The molecule has 1 heterocycles. The first-order chi connectivity index (χ1) is 9.95. The Morgan fingerprint density at radius 2 is 2.00 bits per heavy atom. The molecule has 4 heteroatoms. The number of hydrogen-bond donors (Lipinski definition) is 1. The SMILES string of the molecule is Cc1ccc(COc2ccc(C)nc2CC(C)N)c(Cl)c1. The minimum Gasteiger partial charge on any atom is -0.487 e. The molecule has 1 aromatic carbocycles. The second-order valence-corrected chi connectivity index (χ2v) is 5.87. The first-order valence-electron chi connectivity index (χ1n) is 7.05. The molecular weight excluding hydrogens is 284 g/mol. The van der Waals surface area contributed by atoms with Gasteiger partial charge in [0.2, 0.25) is 0 Å². The molecular formula is C17H21ClN2O. The average molecular weight is 305 g/mol. The van der Waals surface area contributed by atoms with Gasteiger partial charge in [-0.3, -0.25) is 4.98 Å². The van der Waals surface area contributed by atoms with E-state index >= 15 is 0 Å². The molecule has 2 aromatic rings. The fraction of sp³-hybridized carbons (Fsp3) is 0.353. The van der Waals surface area contributed by atoms with Crippen LogP contribution in [0.4, 0.5) is 0 Å². The van der Waals surface area contributed by atoms with E-state index in [-0.39, 0.29) is 6.04 Å². The molecule has 0 saturated heterocycles. The smallest absolute Gasteiger partial charge is 0.141 e. The van der Waals surface area contributed by atoms with Crippen LogP contribution in [0.15, 0.2) is 30.3 Å². The van der Waals surface area contributed by atoms with Crippen LogP contribution in [0.25, 0.3) is 0 Å². The van der Waals surface area contributed by atoms with E-state index in [1.54, 1.807) is 0 Å². The van der Waals surface area contributed by atoms with Crippen LogP contribution in [0.3, 0.4) is 0 Å². The first kappa shape index (κ1) is 15.8. The Morgan fingerprint density at radius 1 is 1.24 bits per heavy atom. The predicted molar refractivity (Wildman–Crippen MR) is 86.8 cm³/mol. The summed E-state index contributed by atoms with van der Waals surface area (Å²) in [4.78, 5) is 4.52. The lowest BCUT2D eigenvalue weighted by molar-refractivity contribution is 0.300. The minimum atomic E-state index is 0.0459. The van der Waals surface area contributed by atoms with Gasteiger partial charge in [-0.05, 0) is 44.5 Å². The molecule has 3 nitrogen and oxygen atoms in total. The van der Waals surface area contributed by atoms with Gasteiger partial charge in [0.05, 0.1) is 5.69 Å². The van der Waals surface area contributed by atoms with Crippen LogP contribution in [0.5, 0.6) is 5.75 Å². The number of ether oxygens (including phenoxy) is 1. The van der Waals surface area contributed by atoms with Crippen LogP contribution in [-0.4, -0.2) is 11.0 Å². The lowest BCUT2D eigenvalue weighted by atomic mass is 10.1. The fourth-order valence-electron chi connectivity index (χ4n) is 2.11. The quantitative estimate of drug-likeness (QED) is 0.913. The number of halogens is 1. The van der Waals surface area contributed by atoms with Crippen molar-refractivity contribution < 1.29 is 4.74 Å². The number of nitrogens with zero attached hydrogens (tertiary/aromatic N) is 1. The molecule has 0 spiro atoms. The standard InChI is InChI=1S/C17H21ClN2O/c1-11-4-6-14(15(18)8-11)10-21-17-7-5-13(3)20-16(17)9-12(2)19/h4-8,12H,9-10,19H2,1-3H3. The maximum atomic E-state index is 6.23. The van der Waals surface area contributed by atoms with Crippen molar-refractivity contribution in [2.75, 3.05) is 0 Å². The number of aromatic nitrogens is 1. The zero-order chi connectivity index (χ0) is 15.4. The van der Waals surface area contributed by atoms with E-state index in [4.69, 9.17) is 22.1 Å². The Morgan fingerprint density at radius 3 is 2.67 bits per heavy atom. The van der Waals surface area contributed by atoms with E-state index in [0.717, 1.165) is 33.3 Å². The lowest BCUT2D eigenvalue weighted by Gasteiger charge is -2.14. The highest BCUT2D eigenvalue weighted by Gasteiger charge is 2.10. The minimum absolute atomic E-state index is 0.0459. The van der Waals surface area contributed by atoms with Crippen molar-refractivity contribution in [2.45, 2.75) is 39.8 Å². The van der Waals surface area contributed by atoms with Crippen molar-refractivity contribution in [3.05, 3.63) is 57.9 Å². The number of nitrogens with two attached hydrogens (primary N) is 1. The van der Waals surface area contributed by atoms with Gasteiger partial charge in [0.25, 0.3) is 0 Å². The average Bonchev–Trinajstić information content (AvgIpc) is 2.39. The fourth-order valence-corrected chi connectivity index (χ4v) is 2.39. The summed E-state index contributed by atoms with van der Waals surface area (Å²) in [5.74, 6) is 0.773. The van der Waals surface area contributed by atoms with Crippen molar-refractivity contribution in [3.63, 3.8) is 0 Å². The highest BCUT2D eigenvalue weighted by atomic mass is 35.5. The van der Waals surface area contributed by atoms with Gasteiger partial charge in [-0.1, -0.05) is 23.7 Å². The number of hydrogen-bond acceptors (Lipinski definition) is 3. The molecule has 1 aromatic heterocycles. The number of pyridine rings is 1. The summed E-state index contributed by atoms with van der Waals surface area (Å²) in [5, 5.41) is 0.726. The van der Waals surface area contributed by atoms with Crippen molar-refractivity contribution in [1.82, 2.24) is 4.98 Å². The molecule has 2 N–H and O–H groups in total. The van der Waals surface area contributed by atoms with Crippen LogP contribution in [0, 0.1) is 13.8 Å². The topological polar surface area (TPSA) is 48.1 Å². The van der Waals surface area contributed by atoms with Gasteiger partial charge in [-0.2, -0.15) is 0 Å². The third-order valence-electron chi connectivity index (χ3n) is 3.18. The zero-order valence-corrected chi connectivity index (χ0v) is 13.4. The molecule has 2 rings (SSSR count). The number of benzene rings is 1. The Bertz CT molecular complexity index is 626. The van der Waals surface area contributed by atoms with Crippen molar-refractivity contribution in [1.29, 1.82) is 0 Å². The van der Waals surface area contributed by atoms with Crippen LogP contribution in [-0.2, 0) is 13.0 Å². The van der Waals surface area contributed by atoms with Crippen molar-refractivity contribution >= 4 is 11.6 Å². The lowest BCUT2D eigenvalue weighted by Crippen LogP contribution is -2.19. The van der Waals surface area contributed by atoms with E-state index in [0.29, 0.717) is 13.0 Å². The molecule has 0 aliphatic heterocycles. The maximum absolute atomic E-state index is 6.23. The molecule has 0 fully saturated rings. The predicted octanol–water partition coefficient (Wildman–Crippen LogP) is 3.82. The van der Waals surface area contributed by atoms with Gasteiger partial charge in [0.15, 0.2) is 0 Å². The second-order valence-electron chi connectivity index (χ2n) is 5.46. The van der Waals surface area contributed by atoms with Gasteiger partial charge in [0.1, 0.15) is 12.4 Å². The summed E-state index contributed by atoms with van der Waals surface area (Å²) >= 11 is 6.23. The van der Waals surface area contributed by atoms with Crippen LogP contribution in [0.2, 0.25) is 5.02 Å². The molecule has 0 radical (unpaired) electrons. The third kappa shape index (κ3) is 4.45. The van der Waals surface area contributed by atoms with Crippen LogP contribution < -0.4 is 10.5 Å². The van der Waals surface area contributed by atoms with Crippen LogP contribution >= 0.6 is 11.6 Å². The molecule has 0 bridgehead atoms. The highest BCUT2D eigenvalue weighted by molar-refractivity contribution is 6.31. The molecule has 1 unspecified atom stereocenters. The monoisotopic (exact) mass is 304 g/mol. The summed E-state index contributed by atoms with van der Waals surface area (Å²) < 4.78 is 5.90. The molecule has 0 aliphatic rings. The summed E-state index contributed by atoms with van der Waals surface area (Å²) in [6.45, 7) is 6.37. The highest BCUT2D eigenvalue weighted by Crippen LogP contribution is 2.23. The molecule has 1 atom stereocenters. The van der Waals surface area contributed by atoms with Gasteiger partial charge < -0.3 is 10.5 Å². The van der Waals surface area contributed by atoms with E-state index in [1.807, 2.05) is 51.1 Å². The van der Waals surface area contributed by atoms with Crippen molar-refractivity contribution in [3.8, 4) is 5.75 Å². The largest absolute Gasteiger partial charge is 0.487 e. The van der Waals surface area contributed by atoms with E-state index < -0.39 is 0 Å². The Hall–Kier alpha value is -1.58. The Balaban J connectivity index is 2.15. The third-order valence-corrected chi connectivity index (χ3v) is 3.53. The van der Waals surface area contributed by atoms with E-state index in [9.17, 15) is 0 Å². The Kier molecular flexibility index (Phi) is 5.21. The van der Waals surface area contributed by atoms with Gasteiger partial charge in [-0.15, -0.1) is 0 Å². The second kappa shape index (κ2) is 6.92. The normalized spacial score (nSPS) is 12.2. The molecule has 0 amide bonds. The summed E-state index contributed by atoms with van der Waals surface area (Å²) in [6, 6.07) is 9.89. The molecule has 21 heavy (non-hydrogen) atoms. The van der Waals surface area contributed by atoms with Crippen molar-refractivity contribution in [2.24, 2.45) is 5.73 Å². The van der Waals surface area contributed by atoms with Gasteiger partial charge in [-0.25, -0.2) is 0 Å². The van der Waals surface area contributed by atoms with Gasteiger partial charge >= 0.3 is 0 Å². The summed E-state index contributed by atoms with van der Waals surface area (Å²) in [5.41, 5.74) is 9.84. The van der Waals surface area contributed by atoms with Crippen LogP contribution in [0.1, 0.15) is 29.4 Å². The number of aryl methyl sites for hydroxylation is 2. The summed E-state index contributed by atoms with van der Waals surface area (Å²) in [7, 11) is 0. The van der Waals surface area contributed by atoms with E-state index in [2.05, 4.69) is 4.98 Å². The maximum Gasteiger partial charge on any atom is 0.141 e. The zero-order valence-electron chi connectivity index (χ0n) is 12.7. The number of rotatable bonds is 5. The first-order valence-corrected chi connectivity index (χ1v) is 7.43. The Labute approximate surface area is 131 Å². The molecule has 112 valence electrons.